The summed E-state index contributed by atoms with van der Waals surface area (Å²) in [6.45, 7) is 6.36. The van der Waals surface area contributed by atoms with Crippen molar-refractivity contribution in [3.8, 4) is 5.69 Å². The molecule has 2 N–H and O–H groups in total. The molecule has 0 unspecified atom stereocenters. The molecule has 0 bridgehead atoms. The van der Waals surface area contributed by atoms with E-state index in [9.17, 15) is 9.59 Å². The third kappa shape index (κ3) is 5.28. The molecule has 0 fully saturated rings. The molecule has 0 atom stereocenters. The van der Waals surface area contributed by atoms with Gasteiger partial charge in [0.05, 0.1) is 11.4 Å². The van der Waals surface area contributed by atoms with Gasteiger partial charge in [-0.3, -0.25) is 14.7 Å². The van der Waals surface area contributed by atoms with E-state index in [0.29, 0.717) is 18.1 Å². The molecule has 1 aromatic heterocycles. The summed E-state index contributed by atoms with van der Waals surface area (Å²) in [5.41, 5.74) is 4.38. The molecule has 8 heteroatoms. The van der Waals surface area contributed by atoms with Gasteiger partial charge in [0.1, 0.15) is 5.82 Å². The first-order valence-corrected chi connectivity index (χ1v) is 12.1. The number of imide groups is 1. The number of hydrogen-bond donors (Lipinski definition) is 2. The standard InChI is InChI=1S/C26H27N5O2S/c1-4-27-25(33)28-24(32)16-34-26-30-29-23(31(26)22-13-12-17(2)14-18(22)3)15-20-10-7-9-19-8-5-6-11-21(19)20/h5-14H,4,15-16H2,1-3H3,(H2,27,28,32,33). The highest BCUT2D eigenvalue weighted by molar-refractivity contribution is 7.99. The van der Waals surface area contributed by atoms with Crippen LogP contribution < -0.4 is 10.6 Å². The van der Waals surface area contributed by atoms with E-state index >= 15 is 0 Å². The summed E-state index contributed by atoms with van der Waals surface area (Å²) in [5.74, 6) is 0.450. The van der Waals surface area contributed by atoms with Gasteiger partial charge in [-0.25, -0.2) is 4.79 Å². The van der Waals surface area contributed by atoms with E-state index in [1.807, 2.05) is 16.7 Å². The fourth-order valence-corrected chi connectivity index (χ4v) is 4.68. The van der Waals surface area contributed by atoms with Gasteiger partial charge < -0.3 is 5.32 Å². The largest absolute Gasteiger partial charge is 0.338 e. The Balaban J connectivity index is 1.67. The highest BCUT2D eigenvalue weighted by atomic mass is 32.2. The molecule has 0 saturated heterocycles. The molecular formula is C26H27N5O2S. The molecule has 4 aromatic rings. The average molecular weight is 474 g/mol. The Kier molecular flexibility index (Phi) is 7.27. The Morgan fingerprint density at radius 2 is 1.79 bits per heavy atom. The normalized spacial score (nSPS) is 10.9. The lowest BCUT2D eigenvalue weighted by molar-refractivity contribution is -0.117. The number of urea groups is 1. The van der Waals surface area contributed by atoms with Crippen LogP contribution in [0.4, 0.5) is 4.79 Å². The first kappa shape index (κ1) is 23.5. The molecule has 0 aliphatic rings. The molecule has 7 nitrogen and oxygen atoms in total. The molecule has 0 spiro atoms. The van der Waals surface area contributed by atoms with Crippen molar-refractivity contribution in [3.63, 3.8) is 0 Å². The smallest absolute Gasteiger partial charge is 0.321 e. The predicted octanol–water partition coefficient (Wildman–Crippen LogP) is 4.57. The van der Waals surface area contributed by atoms with Crippen LogP contribution in [0.25, 0.3) is 16.5 Å². The number of carbonyl (C=O) groups excluding carboxylic acids is 2. The number of thioether (sulfide) groups is 1. The molecule has 3 amide bonds. The van der Waals surface area contributed by atoms with Crippen molar-refractivity contribution < 1.29 is 9.59 Å². The molecule has 3 aromatic carbocycles. The van der Waals surface area contributed by atoms with E-state index < -0.39 is 6.03 Å². The maximum absolute atomic E-state index is 12.3. The molecule has 4 rings (SSSR count). The summed E-state index contributed by atoms with van der Waals surface area (Å²) in [6.07, 6.45) is 0.591. The SMILES string of the molecule is CCNC(=O)NC(=O)CSc1nnc(Cc2cccc3ccccc23)n1-c1ccc(C)cc1C. The summed E-state index contributed by atoms with van der Waals surface area (Å²) in [4.78, 5) is 23.9. The predicted molar refractivity (Wildman–Crippen MR) is 136 cm³/mol. The minimum Gasteiger partial charge on any atom is -0.338 e. The summed E-state index contributed by atoms with van der Waals surface area (Å²) < 4.78 is 2.01. The maximum atomic E-state index is 12.3. The zero-order valence-electron chi connectivity index (χ0n) is 19.5. The van der Waals surface area contributed by atoms with Crippen molar-refractivity contribution in [2.24, 2.45) is 0 Å². The van der Waals surface area contributed by atoms with Gasteiger partial charge in [0.2, 0.25) is 5.91 Å². The maximum Gasteiger partial charge on any atom is 0.321 e. The number of benzene rings is 3. The minimum absolute atomic E-state index is 0.0500. The molecular weight excluding hydrogens is 446 g/mol. The molecule has 1 heterocycles. The first-order valence-electron chi connectivity index (χ1n) is 11.1. The molecule has 174 valence electrons. The van der Waals surface area contributed by atoms with Gasteiger partial charge in [-0.1, -0.05) is 71.9 Å². The van der Waals surface area contributed by atoms with Crippen LogP contribution in [0.2, 0.25) is 0 Å². The van der Waals surface area contributed by atoms with Gasteiger partial charge in [-0.2, -0.15) is 0 Å². The third-order valence-corrected chi connectivity index (χ3v) is 6.37. The number of nitrogens with zero attached hydrogens (tertiary/aromatic N) is 3. The van der Waals surface area contributed by atoms with E-state index in [-0.39, 0.29) is 11.7 Å². The molecule has 34 heavy (non-hydrogen) atoms. The van der Waals surface area contributed by atoms with Crippen LogP contribution in [0.5, 0.6) is 0 Å². The fraction of sp³-hybridized carbons (Fsp3) is 0.231. The third-order valence-electron chi connectivity index (χ3n) is 5.44. The van der Waals surface area contributed by atoms with Crippen molar-refractivity contribution >= 4 is 34.5 Å². The lowest BCUT2D eigenvalue weighted by atomic mass is 10.0. The summed E-state index contributed by atoms with van der Waals surface area (Å²) >= 11 is 1.26. The van der Waals surface area contributed by atoms with Gasteiger partial charge in [0.15, 0.2) is 5.16 Å². The average Bonchev–Trinajstić information content (AvgIpc) is 3.20. The highest BCUT2D eigenvalue weighted by Gasteiger charge is 2.19. The van der Waals surface area contributed by atoms with Gasteiger partial charge >= 0.3 is 6.03 Å². The zero-order valence-corrected chi connectivity index (χ0v) is 20.3. The Morgan fingerprint density at radius 1 is 1.00 bits per heavy atom. The van der Waals surface area contributed by atoms with E-state index in [1.165, 1.54) is 28.1 Å². The Bertz CT molecular complexity index is 1340. The second-order valence-electron chi connectivity index (χ2n) is 8.04. The summed E-state index contributed by atoms with van der Waals surface area (Å²) in [7, 11) is 0. The van der Waals surface area contributed by atoms with Crippen molar-refractivity contribution in [1.29, 1.82) is 0 Å². The highest BCUT2D eigenvalue weighted by Crippen LogP contribution is 2.28. The summed E-state index contributed by atoms with van der Waals surface area (Å²) in [5, 5.41) is 16.8. The van der Waals surface area contributed by atoms with Crippen molar-refractivity contribution in [1.82, 2.24) is 25.4 Å². The Morgan fingerprint density at radius 3 is 2.59 bits per heavy atom. The van der Waals surface area contributed by atoms with Gasteiger partial charge in [-0.05, 0) is 48.7 Å². The van der Waals surface area contributed by atoms with Gasteiger partial charge in [0.25, 0.3) is 0 Å². The van der Waals surface area contributed by atoms with Crippen molar-refractivity contribution in [2.45, 2.75) is 32.3 Å². The quantitative estimate of drug-likeness (QED) is 0.384. The van der Waals surface area contributed by atoms with E-state index in [4.69, 9.17) is 0 Å². The molecule has 0 aliphatic heterocycles. The van der Waals surface area contributed by atoms with Crippen LogP contribution in [-0.4, -0.2) is 39.0 Å². The number of aryl methyl sites for hydroxylation is 2. The van der Waals surface area contributed by atoms with Crippen molar-refractivity contribution in [3.05, 3.63) is 83.2 Å². The van der Waals surface area contributed by atoms with Crippen LogP contribution in [0.1, 0.15) is 29.4 Å². The number of amides is 3. The second-order valence-corrected chi connectivity index (χ2v) is 8.98. The van der Waals surface area contributed by atoms with E-state index in [2.05, 4.69) is 83.2 Å². The molecule has 0 radical (unpaired) electrons. The summed E-state index contributed by atoms with van der Waals surface area (Å²) in [6, 6.07) is 20.3. The van der Waals surface area contributed by atoms with Gasteiger partial charge in [0, 0.05) is 13.0 Å². The fourth-order valence-electron chi connectivity index (χ4n) is 3.92. The number of hydrogen-bond acceptors (Lipinski definition) is 5. The van der Waals surface area contributed by atoms with Crippen molar-refractivity contribution in [2.75, 3.05) is 12.3 Å². The van der Waals surface area contributed by atoms with Crippen LogP contribution in [0, 0.1) is 13.8 Å². The minimum atomic E-state index is -0.499. The van der Waals surface area contributed by atoms with E-state index in [0.717, 1.165) is 22.6 Å². The number of rotatable bonds is 7. The van der Waals surface area contributed by atoms with Crippen LogP contribution in [-0.2, 0) is 11.2 Å². The Labute approximate surface area is 203 Å². The Hall–Kier alpha value is -3.65. The zero-order chi connectivity index (χ0) is 24.1. The topological polar surface area (TPSA) is 88.9 Å². The van der Waals surface area contributed by atoms with Gasteiger partial charge in [-0.15, -0.1) is 10.2 Å². The van der Waals surface area contributed by atoms with Crippen LogP contribution in [0.3, 0.4) is 0 Å². The molecule has 0 saturated carbocycles. The number of aromatic nitrogens is 3. The lowest BCUT2D eigenvalue weighted by Crippen LogP contribution is -2.40. The van der Waals surface area contributed by atoms with Crippen LogP contribution >= 0.6 is 11.8 Å². The van der Waals surface area contributed by atoms with E-state index in [1.54, 1.807) is 6.92 Å². The second kappa shape index (κ2) is 10.5. The monoisotopic (exact) mass is 473 g/mol. The number of nitrogens with one attached hydrogen (secondary N) is 2. The number of fused-ring (bicyclic) bond motifs is 1. The van der Waals surface area contributed by atoms with Crippen LogP contribution in [0.15, 0.2) is 65.8 Å². The molecule has 0 aliphatic carbocycles. The number of carbonyl (C=O) groups is 2. The first-order chi connectivity index (χ1) is 16.5. The lowest BCUT2D eigenvalue weighted by Gasteiger charge is -2.14.